The Morgan fingerprint density at radius 1 is 1.33 bits per heavy atom. The van der Waals surface area contributed by atoms with Crippen LogP contribution < -0.4 is 0 Å². The van der Waals surface area contributed by atoms with Gasteiger partial charge in [0.1, 0.15) is 6.10 Å². The van der Waals surface area contributed by atoms with Crippen LogP contribution in [0.1, 0.15) is 36.5 Å². The number of carbonyl (C=O) groups is 1. The van der Waals surface area contributed by atoms with E-state index in [1.807, 2.05) is 0 Å². The minimum absolute atomic E-state index is 0.0207. The third kappa shape index (κ3) is 2.67. The fourth-order valence-electron chi connectivity index (χ4n) is 2.21. The summed E-state index contributed by atoms with van der Waals surface area (Å²) in [5, 5.41) is 10.5. The second kappa shape index (κ2) is 5.16. The summed E-state index contributed by atoms with van der Waals surface area (Å²) < 4.78 is 5.40. The lowest BCUT2D eigenvalue weighted by Gasteiger charge is -2.16. The molecular weight excluding hydrogens is 234 g/mol. The molecule has 0 heterocycles. The van der Waals surface area contributed by atoms with Gasteiger partial charge in [-0.1, -0.05) is 6.92 Å². The average molecular weight is 249 g/mol. The Bertz CT molecular complexity index is 455. The van der Waals surface area contributed by atoms with Crippen molar-refractivity contribution in [3.8, 4) is 0 Å². The number of hydrogen-bond acceptors (Lipinski definition) is 4. The third-order valence-electron chi connectivity index (χ3n) is 3.36. The van der Waals surface area contributed by atoms with Crippen LogP contribution in [0.5, 0.6) is 0 Å². The Kier molecular flexibility index (Phi) is 3.60. The van der Waals surface area contributed by atoms with E-state index in [0.29, 0.717) is 11.5 Å². The number of nitrogens with zero attached hydrogens (tertiary/aromatic N) is 1. The molecule has 2 atom stereocenters. The van der Waals surface area contributed by atoms with Gasteiger partial charge < -0.3 is 4.74 Å². The zero-order valence-electron chi connectivity index (χ0n) is 10.2. The van der Waals surface area contributed by atoms with Crippen molar-refractivity contribution in [1.82, 2.24) is 0 Å². The molecule has 0 aromatic heterocycles. The van der Waals surface area contributed by atoms with Gasteiger partial charge in [-0.05, 0) is 37.3 Å². The molecule has 96 valence electrons. The highest BCUT2D eigenvalue weighted by Crippen LogP contribution is 2.28. The zero-order valence-corrected chi connectivity index (χ0v) is 10.2. The summed E-state index contributed by atoms with van der Waals surface area (Å²) in [6.45, 7) is 2.07. The largest absolute Gasteiger partial charge is 0.459 e. The van der Waals surface area contributed by atoms with Gasteiger partial charge in [-0.3, -0.25) is 10.1 Å². The maximum Gasteiger partial charge on any atom is 0.338 e. The smallest absolute Gasteiger partial charge is 0.338 e. The Hall–Kier alpha value is -1.91. The van der Waals surface area contributed by atoms with Gasteiger partial charge in [-0.15, -0.1) is 0 Å². The number of ether oxygens (including phenoxy) is 1. The first-order chi connectivity index (χ1) is 8.58. The number of benzene rings is 1. The minimum atomic E-state index is -0.492. The normalized spacial score (nSPS) is 22.7. The van der Waals surface area contributed by atoms with Crippen LogP contribution in [0.4, 0.5) is 5.69 Å². The third-order valence-corrected chi connectivity index (χ3v) is 3.36. The Labute approximate surface area is 105 Å². The van der Waals surface area contributed by atoms with Gasteiger partial charge in [0.25, 0.3) is 5.69 Å². The summed E-state index contributed by atoms with van der Waals surface area (Å²) >= 11 is 0. The van der Waals surface area contributed by atoms with Gasteiger partial charge >= 0.3 is 5.97 Å². The molecule has 1 saturated carbocycles. The van der Waals surface area contributed by atoms with E-state index in [1.165, 1.54) is 24.3 Å². The van der Waals surface area contributed by atoms with Crippen LogP contribution in [-0.2, 0) is 4.74 Å². The van der Waals surface area contributed by atoms with E-state index in [2.05, 4.69) is 6.92 Å². The van der Waals surface area contributed by atoms with E-state index in [1.54, 1.807) is 0 Å². The summed E-state index contributed by atoms with van der Waals surface area (Å²) in [7, 11) is 0. The predicted octanol–water partition coefficient (Wildman–Crippen LogP) is 2.94. The van der Waals surface area contributed by atoms with E-state index in [9.17, 15) is 14.9 Å². The van der Waals surface area contributed by atoms with Crippen molar-refractivity contribution in [2.75, 3.05) is 0 Å². The Balaban J connectivity index is 2.02. The van der Waals surface area contributed by atoms with Crippen molar-refractivity contribution in [2.45, 2.75) is 32.3 Å². The number of rotatable bonds is 3. The summed E-state index contributed by atoms with van der Waals surface area (Å²) in [5.41, 5.74) is 0.334. The second-order valence-corrected chi connectivity index (χ2v) is 4.66. The standard InChI is InChI=1S/C13H15NO4/c1-9-3-2-4-12(9)18-13(15)10-5-7-11(8-6-10)14(16)17/h5-9,12H,2-4H2,1H3/t9-,12+/m1/s1. The van der Waals surface area contributed by atoms with Crippen LogP contribution in [0, 0.1) is 16.0 Å². The van der Waals surface area contributed by atoms with E-state index < -0.39 is 10.9 Å². The van der Waals surface area contributed by atoms with Crippen molar-refractivity contribution >= 4 is 11.7 Å². The topological polar surface area (TPSA) is 69.4 Å². The van der Waals surface area contributed by atoms with Crippen LogP contribution >= 0.6 is 0 Å². The van der Waals surface area contributed by atoms with Gasteiger partial charge in [-0.25, -0.2) is 4.79 Å². The molecule has 1 aliphatic rings. The first kappa shape index (κ1) is 12.5. The van der Waals surface area contributed by atoms with Crippen LogP contribution in [-0.4, -0.2) is 17.0 Å². The van der Waals surface area contributed by atoms with E-state index in [4.69, 9.17) is 4.74 Å². The first-order valence-electron chi connectivity index (χ1n) is 6.03. The molecule has 0 N–H and O–H groups in total. The second-order valence-electron chi connectivity index (χ2n) is 4.66. The molecule has 5 heteroatoms. The molecule has 0 bridgehead atoms. The molecule has 0 amide bonds. The van der Waals surface area contributed by atoms with E-state index >= 15 is 0 Å². The number of nitro groups is 1. The van der Waals surface area contributed by atoms with Gasteiger partial charge in [0, 0.05) is 12.1 Å². The fraction of sp³-hybridized carbons (Fsp3) is 0.462. The number of carbonyl (C=O) groups excluding carboxylic acids is 1. The summed E-state index contributed by atoms with van der Waals surface area (Å²) in [6.07, 6.45) is 3.05. The SMILES string of the molecule is C[C@@H]1CCC[C@@H]1OC(=O)c1ccc([N+](=O)[O-])cc1. The zero-order chi connectivity index (χ0) is 13.1. The molecular formula is C13H15NO4. The highest BCUT2D eigenvalue weighted by molar-refractivity contribution is 5.89. The van der Waals surface area contributed by atoms with E-state index in [-0.39, 0.29) is 11.8 Å². The molecule has 1 aliphatic carbocycles. The van der Waals surface area contributed by atoms with Gasteiger partial charge in [0.15, 0.2) is 0 Å². The lowest BCUT2D eigenvalue weighted by Crippen LogP contribution is -2.20. The lowest BCUT2D eigenvalue weighted by atomic mass is 10.1. The fourth-order valence-corrected chi connectivity index (χ4v) is 2.21. The van der Waals surface area contributed by atoms with Crippen molar-refractivity contribution in [1.29, 1.82) is 0 Å². The molecule has 0 aliphatic heterocycles. The average Bonchev–Trinajstić information content (AvgIpc) is 2.75. The molecule has 18 heavy (non-hydrogen) atoms. The van der Waals surface area contributed by atoms with Gasteiger partial charge in [0.05, 0.1) is 10.5 Å². The molecule has 1 aromatic carbocycles. The monoisotopic (exact) mass is 249 g/mol. The number of esters is 1. The maximum atomic E-state index is 11.8. The summed E-state index contributed by atoms with van der Waals surface area (Å²) in [5.74, 6) is -0.00403. The van der Waals surface area contributed by atoms with Crippen LogP contribution in [0.25, 0.3) is 0 Å². The molecule has 0 spiro atoms. The molecule has 1 aromatic rings. The molecule has 0 radical (unpaired) electrons. The van der Waals surface area contributed by atoms with Crippen LogP contribution in [0.3, 0.4) is 0 Å². The molecule has 0 saturated heterocycles. The number of hydrogen-bond donors (Lipinski definition) is 0. The highest BCUT2D eigenvalue weighted by atomic mass is 16.6. The molecule has 5 nitrogen and oxygen atoms in total. The minimum Gasteiger partial charge on any atom is -0.459 e. The first-order valence-corrected chi connectivity index (χ1v) is 6.03. The Morgan fingerprint density at radius 3 is 2.50 bits per heavy atom. The highest BCUT2D eigenvalue weighted by Gasteiger charge is 2.27. The predicted molar refractivity (Wildman–Crippen MR) is 65.3 cm³/mol. The summed E-state index contributed by atoms with van der Waals surface area (Å²) in [6, 6.07) is 5.49. The van der Waals surface area contributed by atoms with Crippen molar-refractivity contribution in [3.05, 3.63) is 39.9 Å². The maximum absolute atomic E-state index is 11.8. The van der Waals surface area contributed by atoms with Gasteiger partial charge in [-0.2, -0.15) is 0 Å². The van der Waals surface area contributed by atoms with Crippen molar-refractivity contribution in [2.24, 2.45) is 5.92 Å². The van der Waals surface area contributed by atoms with Crippen LogP contribution in [0.15, 0.2) is 24.3 Å². The summed E-state index contributed by atoms with van der Waals surface area (Å²) in [4.78, 5) is 21.8. The quantitative estimate of drug-likeness (QED) is 0.469. The Morgan fingerprint density at radius 2 is 2.00 bits per heavy atom. The van der Waals surface area contributed by atoms with Crippen molar-refractivity contribution < 1.29 is 14.5 Å². The van der Waals surface area contributed by atoms with Gasteiger partial charge in [0.2, 0.25) is 0 Å². The number of non-ortho nitro benzene ring substituents is 1. The molecule has 2 rings (SSSR count). The molecule has 1 fully saturated rings. The van der Waals surface area contributed by atoms with E-state index in [0.717, 1.165) is 19.3 Å². The molecule has 0 unspecified atom stereocenters. The number of nitro benzene ring substituents is 1. The van der Waals surface area contributed by atoms with Crippen molar-refractivity contribution in [3.63, 3.8) is 0 Å². The lowest BCUT2D eigenvalue weighted by molar-refractivity contribution is -0.384. The van der Waals surface area contributed by atoms with Crippen LogP contribution in [0.2, 0.25) is 0 Å².